The van der Waals surface area contributed by atoms with E-state index < -0.39 is 0 Å². The molecule has 1 aromatic heterocycles. The highest BCUT2D eigenvalue weighted by molar-refractivity contribution is 5.80. The summed E-state index contributed by atoms with van der Waals surface area (Å²) in [5, 5.41) is 8.27. The second-order valence-electron chi connectivity index (χ2n) is 7.35. The fraction of sp³-hybridized carbons (Fsp3) is 0.545. The normalized spacial score (nSPS) is 15.9. The van der Waals surface area contributed by atoms with Crippen molar-refractivity contribution in [3.05, 3.63) is 52.8 Å². The fourth-order valence-electron chi connectivity index (χ4n) is 4.05. The molecule has 2 heterocycles. The monoisotopic (exact) mass is 382 g/mol. The van der Waals surface area contributed by atoms with Gasteiger partial charge in [-0.15, -0.1) is 0 Å². The summed E-state index contributed by atoms with van der Waals surface area (Å²) in [6.07, 6.45) is 1.96. The van der Waals surface area contributed by atoms with Gasteiger partial charge in [-0.2, -0.15) is 5.10 Å². The van der Waals surface area contributed by atoms with E-state index in [-0.39, 0.29) is 0 Å². The molecule has 1 aromatic carbocycles. The summed E-state index contributed by atoms with van der Waals surface area (Å²) in [5.74, 6) is 0.993. The molecule has 0 unspecified atom stereocenters. The number of aryl methyl sites for hydroxylation is 2. The van der Waals surface area contributed by atoms with E-state index in [1.807, 2.05) is 18.8 Å². The number of piperazine rings is 1. The van der Waals surface area contributed by atoms with E-state index in [1.54, 1.807) is 0 Å². The zero-order valence-electron chi connectivity index (χ0n) is 17.8. The summed E-state index contributed by atoms with van der Waals surface area (Å²) in [7, 11) is 3.92. The largest absolute Gasteiger partial charge is 0.352 e. The lowest BCUT2D eigenvalue weighted by Crippen LogP contribution is -2.52. The van der Waals surface area contributed by atoms with Gasteiger partial charge in [0.2, 0.25) is 0 Å². The van der Waals surface area contributed by atoms with Crippen LogP contribution in [0.4, 0.5) is 0 Å². The Kier molecular flexibility index (Phi) is 7.09. The molecule has 1 N–H and O–H groups in total. The summed E-state index contributed by atoms with van der Waals surface area (Å²) >= 11 is 0. The quantitative estimate of drug-likeness (QED) is 0.616. The maximum atomic E-state index is 4.68. The van der Waals surface area contributed by atoms with Crippen LogP contribution in [0.2, 0.25) is 0 Å². The van der Waals surface area contributed by atoms with Gasteiger partial charge in [0, 0.05) is 64.6 Å². The van der Waals surface area contributed by atoms with Gasteiger partial charge in [0.1, 0.15) is 0 Å². The van der Waals surface area contributed by atoms with Crippen LogP contribution in [-0.2, 0) is 33.0 Å². The zero-order valence-corrected chi connectivity index (χ0v) is 17.8. The van der Waals surface area contributed by atoms with Crippen LogP contribution in [0.1, 0.15) is 36.4 Å². The van der Waals surface area contributed by atoms with Gasteiger partial charge in [-0.25, -0.2) is 0 Å². The Bertz CT molecular complexity index is 772. The predicted octanol–water partition coefficient (Wildman–Crippen LogP) is 2.44. The molecular formula is C22H34N6. The summed E-state index contributed by atoms with van der Waals surface area (Å²) in [5.41, 5.74) is 5.22. The lowest BCUT2D eigenvalue weighted by molar-refractivity contribution is 0.172. The smallest absolute Gasteiger partial charge is 0.194 e. The van der Waals surface area contributed by atoms with Gasteiger partial charge >= 0.3 is 0 Å². The molecule has 1 aliphatic heterocycles. The molecule has 1 saturated heterocycles. The highest BCUT2D eigenvalue weighted by Crippen LogP contribution is 2.15. The maximum absolute atomic E-state index is 4.68. The molecule has 28 heavy (non-hydrogen) atoms. The number of guanidine groups is 1. The van der Waals surface area contributed by atoms with Crippen molar-refractivity contribution >= 4 is 5.96 Å². The summed E-state index contributed by atoms with van der Waals surface area (Å²) in [6.45, 7) is 10.3. The molecule has 3 rings (SSSR count). The average molecular weight is 383 g/mol. The van der Waals surface area contributed by atoms with Crippen molar-refractivity contribution < 1.29 is 0 Å². The topological polar surface area (TPSA) is 48.7 Å². The Morgan fingerprint density at radius 3 is 2.39 bits per heavy atom. The Morgan fingerprint density at radius 2 is 1.79 bits per heavy atom. The maximum Gasteiger partial charge on any atom is 0.194 e. The van der Waals surface area contributed by atoms with E-state index in [9.17, 15) is 0 Å². The molecule has 0 aliphatic carbocycles. The number of nitrogens with zero attached hydrogens (tertiary/aromatic N) is 5. The van der Waals surface area contributed by atoms with Crippen molar-refractivity contribution in [3.8, 4) is 0 Å². The first-order chi connectivity index (χ1) is 13.7. The number of hydrogen-bond donors (Lipinski definition) is 1. The number of aliphatic imine (C=N–C) groups is 1. The van der Waals surface area contributed by atoms with Crippen molar-refractivity contribution in [2.75, 3.05) is 33.2 Å². The summed E-state index contributed by atoms with van der Waals surface area (Å²) < 4.78 is 2.03. The molecule has 0 bridgehead atoms. The Morgan fingerprint density at radius 1 is 1.07 bits per heavy atom. The van der Waals surface area contributed by atoms with Gasteiger partial charge < -0.3 is 10.2 Å². The number of aromatic nitrogens is 2. The highest BCUT2D eigenvalue weighted by atomic mass is 15.3. The first-order valence-electron chi connectivity index (χ1n) is 10.4. The summed E-state index contributed by atoms with van der Waals surface area (Å²) in [4.78, 5) is 9.43. The number of nitrogens with one attached hydrogen (secondary N) is 1. The van der Waals surface area contributed by atoms with Crippen LogP contribution >= 0.6 is 0 Å². The van der Waals surface area contributed by atoms with E-state index in [2.05, 4.69) is 69.4 Å². The van der Waals surface area contributed by atoms with E-state index in [4.69, 9.17) is 0 Å². The van der Waals surface area contributed by atoms with Gasteiger partial charge in [-0.05, 0) is 18.4 Å². The Labute approximate surface area is 169 Å². The van der Waals surface area contributed by atoms with Crippen molar-refractivity contribution in [1.29, 1.82) is 0 Å². The highest BCUT2D eigenvalue weighted by Gasteiger charge is 2.21. The first-order valence-corrected chi connectivity index (χ1v) is 10.4. The van der Waals surface area contributed by atoms with Crippen molar-refractivity contribution in [3.63, 3.8) is 0 Å². The van der Waals surface area contributed by atoms with Gasteiger partial charge in [-0.3, -0.25) is 14.6 Å². The first kappa shape index (κ1) is 20.4. The molecule has 0 radical (unpaired) electrons. The number of rotatable bonds is 6. The van der Waals surface area contributed by atoms with Gasteiger partial charge in [0.25, 0.3) is 0 Å². The van der Waals surface area contributed by atoms with Crippen LogP contribution < -0.4 is 5.32 Å². The zero-order chi connectivity index (χ0) is 19.9. The lowest BCUT2D eigenvalue weighted by Gasteiger charge is -2.36. The third kappa shape index (κ3) is 4.73. The fourth-order valence-corrected chi connectivity index (χ4v) is 4.05. The van der Waals surface area contributed by atoms with Crippen LogP contribution in [-0.4, -0.2) is 58.8 Å². The molecule has 6 heteroatoms. The second-order valence-corrected chi connectivity index (χ2v) is 7.35. The van der Waals surface area contributed by atoms with E-state index >= 15 is 0 Å². The third-order valence-electron chi connectivity index (χ3n) is 5.58. The molecule has 0 amide bonds. The average Bonchev–Trinajstić information content (AvgIpc) is 3.05. The number of benzene rings is 1. The van der Waals surface area contributed by atoms with Gasteiger partial charge in [-0.1, -0.05) is 44.2 Å². The Hall–Kier alpha value is -2.34. The van der Waals surface area contributed by atoms with E-state index in [0.29, 0.717) is 0 Å². The minimum Gasteiger partial charge on any atom is -0.352 e. The van der Waals surface area contributed by atoms with Gasteiger partial charge in [0.05, 0.1) is 5.69 Å². The lowest BCUT2D eigenvalue weighted by atomic mass is 10.1. The van der Waals surface area contributed by atoms with Crippen LogP contribution in [0.3, 0.4) is 0 Å². The third-order valence-corrected chi connectivity index (χ3v) is 5.58. The standard InChI is InChI=1S/C22H34N6/c1-5-20-19(21(6-2)26(4)25-20)16-24-22(23-3)28-14-12-27(13-15-28)17-18-10-8-7-9-11-18/h7-11H,5-6,12-17H2,1-4H3,(H,23,24). The molecule has 0 atom stereocenters. The van der Waals surface area contributed by atoms with Crippen molar-refractivity contribution in [2.24, 2.45) is 12.0 Å². The minimum atomic E-state index is 0.789. The van der Waals surface area contributed by atoms with Crippen LogP contribution in [0.15, 0.2) is 35.3 Å². The second kappa shape index (κ2) is 9.73. The van der Waals surface area contributed by atoms with Crippen LogP contribution in [0.25, 0.3) is 0 Å². The molecular weight excluding hydrogens is 348 g/mol. The predicted molar refractivity (Wildman–Crippen MR) is 115 cm³/mol. The molecule has 6 nitrogen and oxygen atoms in total. The molecule has 0 spiro atoms. The SMILES string of the molecule is CCc1nn(C)c(CC)c1CNC(=NC)N1CCN(Cc2ccccc2)CC1. The van der Waals surface area contributed by atoms with Crippen LogP contribution in [0, 0.1) is 0 Å². The molecule has 0 saturated carbocycles. The van der Waals surface area contributed by atoms with Crippen LogP contribution in [0.5, 0.6) is 0 Å². The van der Waals surface area contributed by atoms with E-state index in [1.165, 1.54) is 22.5 Å². The molecule has 1 fully saturated rings. The molecule has 1 aliphatic rings. The van der Waals surface area contributed by atoms with Crippen molar-refractivity contribution in [2.45, 2.75) is 39.8 Å². The molecule has 152 valence electrons. The minimum absolute atomic E-state index is 0.789. The van der Waals surface area contributed by atoms with E-state index in [0.717, 1.165) is 58.1 Å². The molecule has 2 aromatic rings. The Balaban J connectivity index is 1.56. The van der Waals surface area contributed by atoms with Gasteiger partial charge in [0.15, 0.2) is 5.96 Å². The summed E-state index contributed by atoms with van der Waals surface area (Å²) in [6, 6.07) is 10.7. The number of hydrogen-bond acceptors (Lipinski definition) is 3. The van der Waals surface area contributed by atoms with Crippen molar-refractivity contribution in [1.82, 2.24) is 24.9 Å².